The average Bonchev–Trinajstić information content (AvgIpc) is 3.68. The summed E-state index contributed by atoms with van der Waals surface area (Å²) in [6.45, 7) is 3.19. The normalized spacial score (nSPS) is 13.5. The second-order valence-electron chi connectivity index (χ2n) is 8.91. The van der Waals surface area contributed by atoms with E-state index in [9.17, 15) is 18.0 Å². The zero-order chi connectivity index (χ0) is 25.0. The van der Waals surface area contributed by atoms with Crippen molar-refractivity contribution in [1.82, 2.24) is 4.90 Å². The largest absolute Gasteiger partial charge is 0.416 e. The molecule has 4 rings (SSSR count). The Bertz CT molecular complexity index is 1170. The van der Waals surface area contributed by atoms with Gasteiger partial charge in [-0.3, -0.25) is 4.79 Å². The Balaban J connectivity index is 1.59. The van der Waals surface area contributed by atoms with E-state index in [1.807, 2.05) is 19.1 Å². The van der Waals surface area contributed by atoms with Crippen LogP contribution in [0.4, 0.5) is 18.9 Å². The third kappa shape index (κ3) is 6.57. The van der Waals surface area contributed by atoms with E-state index in [2.05, 4.69) is 17.4 Å². The number of amides is 1. The molecule has 1 saturated carbocycles. The first-order chi connectivity index (χ1) is 16.7. The fourth-order valence-corrected chi connectivity index (χ4v) is 4.33. The van der Waals surface area contributed by atoms with Crippen LogP contribution in [0.3, 0.4) is 0 Å². The van der Waals surface area contributed by atoms with Crippen molar-refractivity contribution in [3.05, 3.63) is 99.6 Å². The smallest absolute Gasteiger partial charge is 0.385 e. The summed E-state index contributed by atoms with van der Waals surface area (Å²) >= 11 is 6.21. The number of carbonyl (C=O) groups excluding carboxylic acids is 1. The van der Waals surface area contributed by atoms with Crippen molar-refractivity contribution in [2.45, 2.75) is 44.8 Å². The first-order valence-corrected chi connectivity index (χ1v) is 12.2. The number of halogens is 4. The standard InChI is InChI=1S/C28H28ClF3N2O/c1-2-33-26-13-12-24(29)17-25(26)27(35)34(18-20-6-8-21(9-7-20)22-10-11-22)15-14-19-4-3-5-23(16-19)28(30,31)32/h3-9,12-13,16-17,22,33H,2,10-11,14-15,18H2,1H3. The quantitative estimate of drug-likeness (QED) is 0.329. The molecule has 1 aliphatic rings. The number of nitrogens with zero attached hydrogens (tertiary/aromatic N) is 1. The minimum absolute atomic E-state index is 0.221. The van der Waals surface area contributed by atoms with Crippen LogP contribution in [0.25, 0.3) is 0 Å². The summed E-state index contributed by atoms with van der Waals surface area (Å²) in [5, 5.41) is 3.64. The van der Waals surface area contributed by atoms with E-state index in [-0.39, 0.29) is 12.5 Å². The van der Waals surface area contributed by atoms with Crippen molar-refractivity contribution >= 4 is 23.2 Å². The lowest BCUT2D eigenvalue weighted by atomic mass is 10.0. The van der Waals surface area contributed by atoms with Crippen LogP contribution >= 0.6 is 11.6 Å². The molecule has 3 aromatic carbocycles. The number of rotatable bonds is 9. The maximum absolute atomic E-state index is 13.7. The highest BCUT2D eigenvalue weighted by Gasteiger charge is 2.30. The number of nitrogens with one attached hydrogen (secondary N) is 1. The number of alkyl halides is 3. The molecule has 7 heteroatoms. The summed E-state index contributed by atoms with van der Waals surface area (Å²) in [4.78, 5) is 15.4. The third-order valence-corrected chi connectivity index (χ3v) is 6.43. The molecule has 0 radical (unpaired) electrons. The first-order valence-electron chi connectivity index (χ1n) is 11.8. The maximum atomic E-state index is 13.7. The Hall–Kier alpha value is -2.99. The van der Waals surface area contributed by atoms with E-state index in [0.29, 0.717) is 47.3 Å². The number of hydrogen-bond acceptors (Lipinski definition) is 2. The van der Waals surface area contributed by atoms with Crippen LogP contribution in [0, 0.1) is 0 Å². The van der Waals surface area contributed by atoms with Crippen molar-refractivity contribution < 1.29 is 18.0 Å². The van der Waals surface area contributed by atoms with Crippen LogP contribution in [0.1, 0.15) is 58.3 Å². The molecule has 0 atom stereocenters. The molecule has 1 N–H and O–H groups in total. The number of carbonyl (C=O) groups is 1. The summed E-state index contributed by atoms with van der Waals surface area (Å²) in [6, 6.07) is 18.7. The van der Waals surface area contributed by atoms with Crippen molar-refractivity contribution in [2.75, 3.05) is 18.4 Å². The van der Waals surface area contributed by atoms with Gasteiger partial charge in [0.25, 0.3) is 5.91 Å². The molecule has 1 aliphatic carbocycles. The van der Waals surface area contributed by atoms with Crippen molar-refractivity contribution in [2.24, 2.45) is 0 Å². The number of hydrogen-bond donors (Lipinski definition) is 1. The molecule has 0 saturated heterocycles. The van der Waals surface area contributed by atoms with E-state index in [0.717, 1.165) is 17.7 Å². The van der Waals surface area contributed by atoms with Gasteiger partial charge in [-0.05, 0) is 73.1 Å². The highest BCUT2D eigenvalue weighted by molar-refractivity contribution is 6.31. The molecular formula is C28H28ClF3N2O. The fraction of sp³-hybridized carbons (Fsp3) is 0.321. The monoisotopic (exact) mass is 500 g/mol. The van der Waals surface area contributed by atoms with Crippen molar-refractivity contribution in [3.63, 3.8) is 0 Å². The summed E-state index contributed by atoms with van der Waals surface area (Å²) in [5.41, 5.74) is 3.24. The molecular weight excluding hydrogens is 473 g/mol. The van der Waals surface area contributed by atoms with Gasteiger partial charge >= 0.3 is 6.18 Å². The molecule has 3 nitrogen and oxygen atoms in total. The average molecular weight is 501 g/mol. The van der Waals surface area contributed by atoms with Crippen LogP contribution in [-0.4, -0.2) is 23.9 Å². The molecule has 3 aromatic rings. The Morgan fingerprint density at radius 3 is 2.43 bits per heavy atom. The van der Waals surface area contributed by atoms with E-state index in [1.54, 1.807) is 29.2 Å². The highest BCUT2D eigenvalue weighted by Crippen LogP contribution is 2.40. The minimum Gasteiger partial charge on any atom is -0.385 e. The lowest BCUT2D eigenvalue weighted by Crippen LogP contribution is -2.33. The molecule has 0 aliphatic heterocycles. The zero-order valence-electron chi connectivity index (χ0n) is 19.5. The summed E-state index contributed by atoms with van der Waals surface area (Å²) < 4.78 is 39.5. The fourth-order valence-electron chi connectivity index (χ4n) is 4.16. The van der Waals surface area contributed by atoms with Crippen LogP contribution in [0.15, 0.2) is 66.7 Å². The molecule has 184 valence electrons. The molecule has 0 bridgehead atoms. The van der Waals surface area contributed by atoms with Crippen LogP contribution in [0.5, 0.6) is 0 Å². The van der Waals surface area contributed by atoms with Gasteiger partial charge in [-0.15, -0.1) is 0 Å². The molecule has 0 spiro atoms. The van der Waals surface area contributed by atoms with Gasteiger partial charge in [0, 0.05) is 30.3 Å². The lowest BCUT2D eigenvalue weighted by molar-refractivity contribution is -0.137. The van der Waals surface area contributed by atoms with Crippen LogP contribution in [-0.2, 0) is 19.1 Å². The molecule has 35 heavy (non-hydrogen) atoms. The van der Waals surface area contributed by atoms with Crippen molar-refractivity contribution in [1.29, 1.82) is 0 Å². The van der Waals surface area contributed by atoms with Gasteiger partial charge in [-0.1, -0.05) is 54.1 Å². The van der Waals surface area contributed by atoms with E-state index in [4.69, 9.17) is 11.6 Å². The Labute approximate surface area is 208 Å². The number of benzene rings is 3. The summed E-state index contributed by atoms with van der Waals surface area (Å²) in [7, 11) is 0. The topological polar surface area (TPSA) is 32.3 Å². The summed E-state index contributed by atoms with van der Waals surface area (Å²) in [5.74, 6) is 0.415. The van der Waals surface area contributed by atoms with Gasteiger partial charge < -0.3 is 10.2 Å². The SMILES string of the molecule is CCNc1ccc(Cl)cc1C(=O)N(CCc1cccc(C(F)(F)F)c1)Cc1ccc(C2CC2)cc1. The predicted octanol–water partition coefficient (Wildman–Crippen LogP) is 7.55. The van der Waals surface area contributed by atoms with Gasteiger partial charge in [0.1, 0.15) is 0 Å². The second kappa shape index (κ2) is 10.7. The van der Waals surface area contributed by atoms with Gasteiger partial charge in [-0.25, -0.2) is 0 Å². The third-order valence-electron chi connectivity index (χ3n) is 6.19. The minimum atomic E-state index is -4.41. The van der Waals surface area contributed by atoms with Crippen LogP contribution < -0.4 is 5.32 Å². The van der Waals surface area contributed by atoms with Gasteiger partial charge in [0.15, 0.2) is 0 Å². The lowest BCUT2D eigenvalue weighted by Gasteiger charge is -2.25. The van der Waals surface area contributed by atoms with E-state index >= 15 is 0 Å². The Morgan fingerprint density at radius 2 is 1.77 bits per heavy atom. The van der Waals surface area contributed by atoms with Crippen molar-refractivity contribution in [3.8, 4) is 0 Å². The number of anilines is 1. The van der Waals surface area contributed by atoms with E-state index < -0.39 is 11.7 Å². The molecule has 0 unspecified atom stereocenters. The van der Waals surface area contributed by atoms with E-state index in [1.165, 1.54) is 24.5 Å². The predicted molar refractivity (Wildman–Crippen MR) is 134 cm³/mol. The van der Waals surface area contributed by atoms with Gasteiger partial charge in [0.2, 0.25) is 0 Å². The Morgan fingerprint density at radius 1 is 1.03 bits per heavy atom. The summed E-state index contributed by atoms with van der Waals surface area (Å²) in [6.07, 6.45) is -1.69. The molecule has 1 fully saturated rings. The molecule has 1 amide bonds. The first kappa shape index (κ1) is 25.1. The molecule has 0 heterocycles. The van der Waals surface area contributed by atoms with Gasteiger partial charge in [0.05, 0.1) is 11.1 Å². The van der Waals surface area contributed by atoms with Crippen LogP contribution in [0.2, 0.25) is 5.02 Å². The molecule has 0 aromatic heterocycles. The second-order valence-corrected chi connectivity index (χ2v) is 9.35. The van der Waals surface area contributed by atoms with Gasteiger partial charge in [-0.2, -0.15) is 13.2 Å². The highest BCUT2D eigenvalue weighted by atomic mass is 35.5. The maximum Gasteiger partial charge on any atom is 0.416 e. The zero-order valence-corrected chi connectivity index (χ0v) is 20.3. The Kier molecular flexibility index (Phi) is 7.70.